The Morgan fingerprint density at radius 3 is 1.40 bits per heavy atom. The predicted molar refractivity (Wildman–Crippen MR) is 229 cm³/mol. The third-order valence-electron chi connectivity index (χ3n) is 9.92. The van der Waals surface area contributed by atoms with Gasteiger partial charge in [-0.2, -0.15) is 0 Å². The van der Waals surface area contributed by atoms with Gasteiger partial charge in [0.05, 0.1) is 47.7 Å². The van der Waals surface area contributed by atoms with Crippen molar-refractivity contribution in [3.8, 4) is 11.5 Å². The molecule has 0 atom stereocenters. The molecular formula is C44H55Cl2N5O2. The average molecular weight is 758 g/mol. The maximum absolute atomic E-state index is 6.29. The fraction of sp³-hybridized carbons (Fsp3) is 0.409. The summed E-state index contributed by atoms with van der Waals surface area (Å²) in [7, 11) is 6.92. The second-order valence-corrected chi connectivity index (χ2v) is 14.6. The van der Waals surface area contributed by atoms with E-state index in [1.54, 1.807) is 14.2 Å². The molecule has 0 aliphatic carbocycles. The fourth-order valence-electron chi connectivity index (χ4n) is 7.04. The highest BCUT2D eigenvalue weighted by molar-refractivity contribution is 6.32. The van der Waals surface area contributed by atoms with Gasteiger partial charge in [0, 0.05) is 46.1 Å². The van der Waals surface area contributed by atoms with Crippen molar-refractivity contribution in [2.45, 2.75) is 71.6 Å². The van der Waals surface area contributed by atoms with Crippen LogP contribution in [0.1, 0.15) is 73.0 Å². The Kier molecular flexibility index (Phi) is 14.5. The van der Waals surface area contributed by atoms with Crippen LogP contribution in [0.15, 0.2) is 72.8 Å². The first-order chi connectivity index (χ1) is 26.4. The highest BCUT2D eigenvalue weighted by atomic mass is 35.5. The van der Waals surface area contributed by atoms with Crippen LogP contribution in [-0.4, -0.2) is 62.3 Å². The largest absolute Gasteiger partial charge is 0.497 e. The molecule has 0 unspecified atom stereocenters. The molecule has 4 aromatic carbocycles. The molecule has 0 radical (unpaired) electrons. The van der Waals surface area contributed by atoms with E-state index in [1.807, 2.05) is 48.5 Å². The molecule has 0 saturated carbocycles. The van der Waals surface area contributed by atoms with E-state index in [-0.39, 0.29) is 0 Å². The molecule has 0 fully saturated rings. The number of methoxy groups -OCH3 is 2. The van der Waals surface area contributed by atoms with E-state index in [1.165, 1.54) is 71.9 Å². The summed E-state index contributed by atoms with van der Waals surface area (Å²) in [6.07, 6.45) is 12.3. The molecule has 9 heteroatoms. The van der Waals surface area contributed by atoms with Crippen molar-refractivity contribution in [2.75, 3.05) is 58.1 Å². The lowest BCUT2D eigenvalue weighted by Gasteiger charge is -2.16. The Labute approximate surface area is 326 Å². The van der Waals surface area contributed by atoms with Gasteiger partial charge < -0.3 is 25.0 Å². The van der Waals surface area contributed by atoms with E-state index in [2.05, 4.69) is 46.8 Å². The van der Waals surface area contributed by atoms with Gasteiger partial charge in [-0.3, -0.25) is 0 Å². The average Bonchev–Trinajstić information content (AvgIpc) is 3.19. The first kappa shape index (κ1) is 38.7. The van der Waals surface area contributed by atoms with E-state index in [0.717, 1.165) is 92.4 Å². The summed E-state index contributed by atoms with van der Waals surface area (Å²) < 4.78 is 16.8. The van der Waals surface area contributed by atoms with Crippen LogP contribution in [0.25, 0.3) is 43.6 Å². The standard InChI is InChI=1S/C43H51Cl2N5O2.CH4/c1-50(24-12-8-4-6-10-22-46-42-34-18-14-30(44)26-40(34)48-38-20-16-32(51-2)28-36(38)42)25-13-9-5-7-11-23-47-43-35-19-15-31(45)27-41(35)49-39-21-17-33(52-3)29-37(39)43;/h14-21,26-29H,4-13,22-25H2,1-3H3,(H,46,48)(H,47,49);1H4/i;1D. The van der Waals surface area contributed by atoms with Crippen molar-refractivity contribution in [1.29, 1.82) is 0 Å². The third-order valence-corrected chi connectivity index (χ3v) is 10.4. The molecule has 6 rings (SSSR count). The van der Waals surface area contributed by atoms with Gasteiger partial charge in [0.1, 0.15) is 11.5 Å². The van der Waals surface area contributed by atoms with Gasteiger partial charge in [0.2, 0.25) is 0 Å². The molecule has 0 bridgehead atoms. The van der Waals surface area contributed by atoms with Crippen LogP contribution in [0.4, 0.5) is 11.4 Å². The Bertz CT molecular complexity index is 1970. The number of aromatic nitrogens is 2. The molecule has 0 aliphatic heterocycles. The SMILES string of the molecule is COc1ccc2nc3cc(Cl)ccc3c(NCCCCCCCN(C)CCCCCCCNc3c4ccc(Cl)cc4nc4ccc(OC)cc34)c2c1.[2H]C. The van der Waals surface area contributed by atoms with Crippen LogP contribution in [0.3, 0.4) is 0 Å². The van der Waals surface area contributed by atoms with E-state index in [4.69, 9.17) is 44.0 Å². The van der Waals surface area contributed by atoms with Crippen molar-refractivity contribution >= 4 is 78.2 Å². The molecular weight excluding hydrogens is 701 g/mol. The number of nitrogens with one attached hydrogen (secondary N) is 2. The number of fused-ring (bicyclic) bond motifs is 4. The summed E-state index contributed by atoms with van der Waals surface area (Å²) in [5, 5.41) is 13.2. The fourth-order valence-corrected chi connectivity index (χ4v) is 7.37. The number of hydrogen-bond acceptors (Lipinski definition) is 7. The van der Waals surface area contributed by atoms with Crippen molar-refractivity contribution in [2.24, 2.45) is 0 Å². The van der Waals surface area contributed by atoms with Crippen LogP contribution >= 0.6 is 23.2 Å². The minimum Gasteiger partial charge on any atom is -0.497 e. The Morgan fingerprint density at radius 2 is 0.962 bits per heavy atom. The second kappa shape index (κ2) is 19.9. The van der Waals surface area contributed by atoms with E-state index in [0.29, 0.717) is 10.0 Å². The van der Waals surface area contributed by atoms with Gasteiger partial charge >= 0.3 is 0 Å². The highest BCUT2D eigenvalue weighted by Crippen LogP contribution is 2.36. The number of halogens is 2. The number of unbranched alkanes of at least 4 members (excludes halogenated alkanes) is 8. The Balaban J connectivity index is 0.00000276. The zero-order chi connectivity index (χ0) is 38.3. The number of hydrogen-bond donors (Lipinski definition) is 2. The molecule has 282 valence electrons. The summed E-state index contributed by atoms with van der Waals surface area (Å²) in [4.78, 5) is 12.2. The molecule has 0 saturated heterocycles. The van der Waals surface area contributed by atoms with E-state index in [9.17, 15) is 0 Å². The van der Waals surface area contributed by atoms with Crippen LogP contribution in [-0.2, 0) is 0 Å². The highest BCUT2D eigenvalue weighted by Gasteiger charge is 2.12. The molecule has 2 heterocycles. The lowest BCUT2D eigenvalue weighted by Crippen LogP contribution is -2.20. The van der Waals surface area contributed by atoms with Gasteiger partial charge in [0.15, 0.2) is 0 Å². The quantitative estimate of drug-likeness (QED) is 0.0593. The first-order valence-electron chi connectivity index (χ1n) is 19.7. The summed E-state index contributed by atoms with van der Waals surface area (Å²) >= 11 is 12.6. The lowest BCUT2D eigenvalue weighted by molar-refractivity contribution is 0.314. The first-order valence-corrected chi connectivity index (χ1v) is 19.5. The summed E-state index contributed by atoms with van der Waals surface area (Å²) in [5.74, 6) is 1.66. The van der Waals surface area contributed by atoms with Crippen molar-refractivity contribution < 1.29 is 10.8 Å². The predicted octanol–water partition coefficient (Wildman–Crippen LogP) is 12.4. The van der Waals surface area contributed by atoms with Crippen LogP contribution < -0.4 is 20.1 Å². The number of nitrogens with zero attached hydrogens (tertiary/aromatic N) is 3. The zero-order valence-electron chi connectivity index (χ0n) is 32.7. The molecule has 0 spiro atoms. The van der Waals surface area contributed by atoms with Gasteiger partial charge in [0.25, 0.3) is 0 Å². The Hall–Kier alpha value is -4.04. The summed E-state index contributed by atoms with van der Waals surface area (Å²) in [6.45, 7) is 4.19. The topological polar surface area (TPSA) is 71.5 Å². The van der Waals surface area contributed by atoms with Gasteiger partial charge in [-0.1, -0.05) is 69.1 Å². The van der Waals surface area contributed by atoms with Crippen molar-refractivity contribution in [1.82, 2.24) is 14.9 Å². The summed E-state index contributed by atoms with van der Waals surface area (Å²) in [5.41, 5.74) is 5.90. The second-order valence-electron chi connectivity index (χ2n) is 13.8. The maximum Gasteiger partial charge on any atom is 0.119 e. The third kappa shape index (κ3) is 10.6. The minimum atomic E-state index is 0.698. The number of pyridine rings is 2. The van der Waals surface area contributed by atoms with Crippen LogP contribution in [0, 0.1) is 0 Å². The smallest absolute Gasteiger partial charge is 0.119 e. The number of benzene rings is 4. The maximum atomic E-state index is 6.29. The zero-order valence-corrected chi connectivity index (χ0v) is 33.3. The number of anilines is 2. The van der Waals surface area contributed by atoms with Gasteiger partial charge in [-0.25, -0.2) is 9.97 Å². The minimum absolute atomic E-state index is 0.698. The van der Waals surface area contributed by atoms with Gasteiger partial charge in [-0.05, 0) is 119 Å². The normalized spacial score (nSPS) is 11.6. The van der Waals surface area contributed by atoms with Crippen molar-refractivity contribution in [3.05, 3.63) is 82.8 Å². The van der Waals surface area contributed by atoms with E-state index < -0.39 is 0 Å². The molecule has 0 amide bonds. The lowest BCUT2D eigenvalue weighted by atomic mass is 10.1. The van der Waals surface area contributed by atoms with Gasteiger partial charge in [-0.15, -0.1) is 0 Å². The van der Waals surface area contributed by atoms with Crippen LogP contribution in [0.2, 0.25) is 10.0 Å². The molecule has 2 N–H and O–H groups in total. The van der Waals surface area contributed by atoms with E-state index >= 15 is 0 Å². The number of ether oxygens (including phenoxy) is 2. The molecule has 0 aliphatic rings. The molecule has 6 aromatic rings. The molecule has 53 heavy (non-hydrogen) atoms. The number of rotatable bonds is 20. The monoisotopic (exact) mass is 756 g/mol. The molecule has 7 nitrogen and oxygen atoms in total. The Morgan fingerprint density at radius 1 is 0.547 bits per heavy atom. The summed E-state index contributed by atoms with van der Waals surface area (Å²) in [6, 6.07) is 23.9. The van der Waals surface area contributed by atoms with Crippen molar-refractivity contribution in [3.63, 3.8) is 0 Å². The van der Waals surface area contributed by atoms with Crippen LogP contribution in [0.5, 0.6) is 11.5 Å². The molecule has 2 aromatic heterocycles.